The van der Waals surface area contributed by atoms with Gasteiger partial charge in [-0.25, -0.2) is 0 Å². The van der Waals surface area contributed by atoms with Crippen LogP contribution in [-0.2, 0) is 15.5 Å². The first-order chi connectivity index (χ1) is 7.68. The van der Waals surface area contributed by atoms with Crippen LogP contribution in [0.25, 0.3) is 0 Å². The maximum Gasteiger partial charge on any atom is 0.0779 e. The Hall–Kier alpha value is -0.230. The molecule has 2 N–H and O–H groups in total. The molecule has 3 unspecified atom stereocenters. The van der Waals surface area contributed by atoms with Crippen LogP contribution < -0.4 is 5.73 Å². The molecule has 0 bridgehead atoms. The van der Waals surface area contributed by atoms with Gasteiger partial charge in [-0.1, -0.05) is 22.0 Å². The average Bonchev–Trinajstić information content (AvgIpc) is 2.29. The van der Waals surface area contributed by atoms with Crippen molar-refractivity contribution in [3.63, 3.8) is 0 Å². The second-order valence-electron chi connectivity index (χ2n) is 3.82. The maximum atomic E-state index is 12.3. The van der Waals surface area contributed by atoms with E-state index in [4.69, 9.17) is 10.5 Å². The third-order valence-corrected chi connectivity index (χ3v) is 4.91. The molecule has 0 saturated carbocycles. The Kier molecular flexibility index (Phi) is 4.13. The molecule has 1 saturated heterocycles. The van der Waals surface area contributed by atoms with E-state index in [9.17, 15) is 4.21 Å². The Labute approximate surface area is 106 Å². The van der Waals surface area contributed by atoms with Gasteiger partial charge in [-0.15, -0.1) is 0 Å². The van der Waals surface area contributed by atoms with Crippen LogP contribution in [0.15, 0.2) is 33.6 Å². The van der Waals surface area contributed by atoms with E-state index in [2.05, 4.69) is 15.9 Å². The van der Waals surface area contributed by atoms with Crippen molar-refractivity contribution in [3.05, 3.63) is 28.7 Å². The van der Waals surface area contributed by atoms with Crippen molar-refractivity contribution in [2.75, 3.05) is 13.2 Å². The van der Waals surface area contributed by atoms with Crippen molar-refractivity contribution in [1.82, 2.24) is 0 Å². The molecule has 1 heterocycles. The Balaban J connectivity index is 2.17. The molecule has 0 aliphatic carbocycles. The van der Waals surface area contributed by atoms with Gasteiger partial charge in [0.25, 0.3) is 0 Å². The van der Waals surface area contributed by atoms with Crippen LogP contribution in [-0.4, -0.2) is 28.7 Å². The van der Waals surface area contributed by atoms with E-state index in [-0.39, 0.29) is 11.3 Å². The lowest BCUT2D eigenvalue weighted by atomic mass is 10.1. The molecule has 5 heteroatoms. The van der Waals surface area contributed by atoms with Gasteiger partial charge in [0.15, 0.2) is 0 Å². The average molecular weight is 304 g/mol. The number of halogens is 1. The molecule has 16 heavy (non-hydrogen) atoms. The van der Waals surface area contributed by atoms with Gasteiger partial charge in [-0.05, 0) is 24.6 Å². The summed E-state index contributed by atoms with van der Waals surface area (Å²) < 4.78 is 18.6. The van der Waals surface area contributed by atoms with Gasteiger partial charge in [0.2, 0.25) is 0 Å². The lowest BCUT2D eigenvalue weighted by molar-refractivity contribution is 0.0904. The van der Waals surface area contributed by atoms with Gasteiger partial charge < -0.3 is 10.5 Å². The summed E-state index contributed by atoms with van der Waals surface area (Å²) in [6.45, 7) is 1.16. The highest BCUT2D eigenvalue weighted by Gasteiger charge is 2.28. The molecule has 0 amide bonds. The lowest BCUT2D eigenvalue weighted by Crippen LogP contribution is -2.45. The highest BCUT2D eigenvalue weighted by atomic mass is 79.9. The van der Waals surface area contributed by atoms with E-state index in [0.29, 0.717) is 13.2 Å². The molecule has 1 aliphatic heterocycles. The fourth-order valence-corrected chi connectivity index (χ4v) is 3.75. The summed E-state index contributed by atoms with van der Waals surface area (Å²) in [4.78, 5) is 0.806. The molecule has 0 spiro atoms. The molecule has 0 aromatic heterocycles. The summed E-state index contributed by atoms with van der Waals surface area (Å²) in [6, 6.07) is 7.50. The van der Waals surface area contributed by atoms with Crippen LogP contribution in [0.5, 0.6) is 0 Å². The van der Waals surface area contributed by atoms with Gasteiger partial charge >= 0.3 is 0 Å². The molecular weight excluding hydrogens is 290 g/mol. The highest BCUT2D eigenvalue weighted by Crippen LogP contribution is 2.21. The number of hydrogen-bond acceptors (Lipinski definition) is 3. The largest absolute Gasteiger partial charge is 0.380 e. The van der Waals surface area contributed by atoms with Crippen molar-refractivity contribution in [2.24, 2.45) is 5.73 Å². The Morgan fingerprint density at radius 2 is 2.31 bits per heavy atom. The molecule has 88 valence electrons. The zero-order valence-corrected chi connectivity index (χ0v) is 11.2. The molecule has 1 aromatic carbocycles. The first kappa shape index (κ1) is 12.2. The van der Waals surface area contributed by atoms with E-state index >= 15 is 0 Å². The molecule has 1 aromatic rings. The smallest absolute Gasteiger partial charge is 0.0779 e. The zero-order chi connectivity index (χ0) is 11.5. The maximum absolute atomic E-state index is 12.3. The summed E-state index contributed by atoms with van der Waals surface area (Å²) in [5.74, 6) is 0. The van der Waals surface area contributed by atoms with E-state index in [0.717, 1.165) is 15.8 Å². The first-order valence-electron chi connectivity index (χ1n) is 5.18. The quantitative estimate of drug-likeness (QED) is 0.904. The van der Waals surface area contributed by atoms with Crippen molar-refractivity contribution >= 4 is 26.7 Å². The number of ether oxygens (including phenoxy) is 1. The second kappa shape index (κ2) is 5.40. The lowest BCUT2D eigenvalue weighted by Gasteiger charge is -2.27. The number of rotatable bonds is 2. The Morgan fingerprint density at radius 1 is 1.50 bits per heavy atom. The molecule has 3 atom stereocenters. The topological polar surface area (TPSA) is 52.3 Å². The number of hydrogen-bond donors (Lipinski definition) is 1. The molecule has 1 fully saturated rings. The fraction of sp³-hybridized carbons (Fsp3) is 0.455. The van der Waals surface area contributed by atoms with E-state index < -0.39 is 10.8 Å². The summed E-state index contributed by atoms with van der Waals surface area (Å²) in [5, 5.41) is -0.0944. The van der Waals surface area contributed by atoms with Gasteiger partial charge in [0.1, 0.15) is 0 Å². The van der Waals surface area contributed by atoms with Gasteiger partial charge in [0, 0.05) is 22.0 Å². The predicted molar refractivity (Wildman–Crippen MR) is 67.7 cm³/mol. The van der Waals surface area contributed by atoms with Crippen LogP contribution in [0, 0.1) is 0 Å². The van der Waals surface area contributed by atoms with Crippen LogP contribution >= 0.6 is 15.9 Å². The van der Waals surface area contributed by atoms with E-state index in [1.54, 1.807) is 0 Å². The van der Waals surface area contributed by atoms with Crippen LogP contribution in [0.3, 0.4) is 0 Å². The summed E-state index contributed by atoms with van der Waals surface area (Å²) in [5.41, 5.74) is 5.97. The van der Waals surface area contributed by atoms with Crippen LogP contribution in [0.1, 0.15) is 6.42 Å². The van der Waals surface area contributed by atoms with Crippen molar-refractivity contribution in [2.45, 2.75) is 22.6 Å². The Bertz CT molecular complexity index is 399. The van der Waals surface area contributed by atoms with E-state index in [1.807, 2.05) is 24.3 Å². The number of benzene rings is 1. The van der Waals surface area contributed by atoms with Gasteiger partial charge in [-0.3, -0.25) is 4.21 Å². The Morgan fingerprint density at radius 3 is 3.00 bits per heavy atom. The van der Waals surface area contributed by atoms with Crippen molar-refractivity contribution < 1.29 is 8.95 Å². The van der Waals surface area contributed by atoms with Crippen molar-refractivity contribution in [3.8, 4) is 0 Å². The summed E-state index contributed by atoms with van der Waals surface area (Å²) in [6.07, 6.45) is 0.782. The highest BCUT2D eigenvalue weighted by molar-refractivity contribution is 9.10. The number of nitrogens with two attached hydrogens (primary N) is 1. The SMILES string of the molecule is NC1CCOCC1S(=O)c1cccc(Br)c1. The second-order valence-corrected chi connectivity index (χ2v) is 6.41. The monoisotopic (exact) mass is 303 g/mol. The molecule has 2 rings (SSSR count). The minimum absolute atomic E-state index is 0.0337. The minimum Gasteiger partial charge on any atom is -0.380 e. The predicted octanol–water partition coefficient (Wildman–Crippen LogP) is 1.67. The fourth-order valence-electron chi connectivity index (χ4n) is 1.72. The van der Waals surface area contributed by atoms with Crippen molar-refractivity contribution in [1.29, 1.82) is 0 Å². The first-order valence-corrected chi connectivity index (χ1v) is 7.18. The summed E-state index contributed by atoms with van der Waals surface area (Å²) in [7, 11) is -1.09. The zero-order valence-electron chi connectivity index (χ0n) is 8.77. The van der Waals surface area contributed by atoms with Crippen LogP contribution in [0.2, 0.25) is 0 Å². The molecular formula is C11H14BrNO2S. The van der Waals surface area contributed by atoms with E-state index in [1.165, 1.54) is 0 Å². The van der Waals surface area contributed by atoms with Gasteiger partial charge in [-0.2, -0.15) is 0 Å². The van der Waals surface area contributed by atoms with Crippen LogP contribution in [0.4, 0.5) is 0 Å². The normalized spacial score (nSPS) is 27.6. The molecule has 3 nitrogen and oxygen atoms in total. The third kappa shape index (κ3) is 2.71. The summed E-state index contributed by atoms with van der Waals surface area (Å²) >= 11 is 3.37. The third-order valence-electron chi connectivity index (χ3n) is 2.66. The molecule has 0 radical (unpaired) electrons. The molecule has 1 aliphatic rings. The standard InChI is InChI=1S/C11H14BrNO2S/c12-8-2-1-3-9(6-8)16(14)11-7-15-5-4-10(11)13/h1-3,6,10-11H,4-5,7,13H2. The van der Waals surface area contributed by atoms with Gasteiger partial charge in [0.05, 0.1) is 22.7 Å². The minimum atomic E-state index is -1.09.